The predicted molar refractivity (Wildman–Crippen MR) is 64.4 cm³/mol. The van der Waals surface area contributed by atoms with E-state index >= 15 is 0 Å². The molecule has 1 fully saturated rings. The van der Waals surface area contributed by atoms with Gasteiger partial charge in [-0.3, -0.25) is 4.79 Å². The lowest BCUT2D eigenvalue weighted by Gasteiger charge is -2.28. The van der Waals surface area contributed by atoms with Crippen molar-refractivity contribution in [3.05, 3.63) is 0 Å². The zero-order valence-corrected chi connectivity index (χ0v) is 11.3. The highest BCUT2D eigenvalue weighted by Gasteiger charge is 2.40. The third-order valence-electron chi connectivity index (χ3n) is 3.71. The Morgan fingerprint density at radius 2 is 1.94 bits per heavy atom. The third-order valence-corrected chi connectivity index (χ3v) is 3.71. The molecule has 1 aliphatic carbocycles. The van der Waals surface area contributed by atoms with E-state index < -0.39 is 0 Å². The van der Waals surface area contributed by atoms with Crippen LogP contribution in [0.4, 0.5) is 0 Å². The zero-order valence-electron chi connectivity index (χ0n) is 11.3. The molecule has 0 radical (unpaired) electrons. The Hall–Kier alpha value is -0.610. The zero-order chi connectivity index (χ0) is 12.8. The smallest absolute Gasteiger partial charge is 0.306 e. The minimum absolute atomic E-state index is 0.109. The molecule has 0 heterocycles. The minimum Gasteiger partial charge on any atom is -0.466 e. The monoisotopic (exact) mass is 244 g/mol. The lowest BCUT2D eigenvalue weighted by atomic mass is 9.87. The average molecular weight is 244 g/mol. The van der Waals surface area contributed by atoms with Crippen LogP contribution in [0.3, 0.4) is 0 Å². The van der Waals surface area contributed by atoms with Gasteiger partial charge in [0.15, 0.2) is 6.29 Å². The minimum atomic E-state index is -0.216. The first-order valence-corrected chi connectivity index (χ1v) is 6.35. The van der Waals surface area contributed by atoms with Gasteiger partial charge in [0, 0.05) is 26.6 Å². The summed E-state index contributed by atoms with van der Waals surface area (Å²) in [6.45, 7) is 4.48. The Kier molecular flexibility index (Phi) is 5.92. The maximum Gasteiger partial charge on any atom is 0.306 e. The highest BCUT2D eigenvalue weighted by atomic mass is 16.7. The average Bonchev–Trinajstić information content (AvgIpc) is 2.64. The van der Waals surface area contributed by atoms with Gasteiger partial charge in [0.1, 0.15) is 0 Å². The molecule has 1 aliphatic rings. The maximum atomic E-state index is 11.5. The number of esters is 1. The van der Waals surface area contributed by atoms with Crippen molar-refractivity contribution < 1.29 is 19.0 Å². The molecular weight excluding hydrogens is 220 g/mol. The second kappa shape index (κ2) is 6.97. The molecule has 4 nitrogen and oxygen atoms in total. The van der Waals surface area contributed by atoms with Gasteiger partial charge in [-0.05, 0) is 31.6 Å². The van der Waals surface area contributed by atoms with Gasteiger partial charge in [-0.15, -0.1) is 0 Å². The Labute approximate surface area is 104 Å². The van der Waals surface area contributed by atoms with Crippen LogP contribution in [-0.2, 0) is 19.0 Å². The van der Waals surface area contributed by atoms with Gasteiger partial charge in [-0.2, -0.15) is 0 Å². The van der Waals surface area contributed by atoms with E-state index in [0.717, 1.165) is 12.8 Å². The Morgan fingerprint density at radius 1 is 1.29 bits per heavy atom. The summed E-state index contributed by atoms with van der Waals surface area (Å²) in [7, 11) is 3.31. The highest BCUT2D eigenvalue weighted by molar-refractivity contribution is 5.69. The summed E-state index contributed by atoms with van der Waals surface area (Å²) in [4.78, 5) is 11.5. The van der Waals surface area contributed by atoms with Gasteiger partial charge in [-0.25, -0.2) is 0 Å². The Bertz CT molecular complexity index is 238. The van der Waals surface area contributed by atoms with Crippen LogP contribution in [-0.4, -0.2) is 33.1 Å². The van der Waals surface area contributed by atoms with Gasteiger partial charge in [-0.1, -0.05) is 6.92 Å². The molecule has 0 amide bonds. The van der Waals surface area contributed by atoms with Crippen LogP contribution in [0, 0.1) is 17.8 Å². The van der Waals surface area contributed by atoms with Crippen LogP contribution in [0.1, 0.15) is 33.1 Å². The van der Waals surface area contributed by atoms with E-state index in [1.54, 1.807) is 14.2 Å². The van der Waals surface area contributed by atoms with Crippen molar-refractivity contribution in [3.63, 3.8) is 0 Å². The molecule has 0 aromatic rings. The molecular formula is C13H24O4. The summed E-state index contributed by atoms with van der Waals surface area (Å²) in [5.41, 5.74) is 0. The van der Waals surface area contributed by atoms with E-state index in [9.17, 15) is 4.79 Å². The molecule has 17 heavy (non-hydrogen) atoms. The van der Waals surface area contributed by atoms with Crippen molar-refractivity contribution in [2.24, 2.45) is 17.8 Å². The van der Waals surface area contributed by atoms with Gasteiger partial charge in [0.2, 0.25) is 0 Å². The number of hydrogen-bond acceptors (Lipinski definition) is 4. The molecule has 0 saturated heterocycles. The second-order valence-corrected chi connectivity index (χ2v) is 4.74. The topological polar surface area (TPSA) is 44.8 Å². The molecule has 4 heteroatoms. The summed E-state index contributed by atoms with van der Waals surface area (Å²) in [6.07, 6.45) is 2.43. The van der Waals surface area contributed by atoms with Crippen LogP contribution >= 0.6 is 0 Å². The molecule has 0 spiro atoms. The standard InChI is InChI=1S/C13H24O4/c1-5-17-11(14)8-10-7-6-9(2)12(10)13(15-3)16-4/h9-10,12-13H,5-8H2,1-4H3/t9-,10+,12+/m0/s1. The van der Waals surface area contributed by atoms with Gasteiger partial charge < -0.3 is 14.2 Å². The van der Waals surface area contributed by atoms with E-state index in [2.05, 4.69) is 6.92 Å². The van der Waals surface area contributed by atoms with E-state index in [4.69, 9.17) is 14.2 Å². The van der Waals surface area contributed by atoms with Crippen molar-refractivity contribution in [1.82, 2.24) is 0 Å². The van der Waals surface area contributed by atoms with Gasteiger partial charge >= 0.3 is 5.97 Å². The Morgan fingerprint density at radius 3 is 2.47 bits per heavy atom. The second-order valence-electron chi connectivity index (χ2n) is 4.74. The quantitative estimate of drug-likeness (QED) is 0.531. The first-order valence-electron chi connectivity index (χ1n) is 6.35. The summed E-state index contributed by atoms with van der Waals surface area (Å²) in [5, 5.41) is 0. The molecule has 0 unspecified atom stereocenters. The number of methoxy groups -OCH3 is 2. The van der Waals surface area contributed by atoms with Crippen LogP contribution in [0.5, 0.6) is 0 Å². The maximum absolute atomic E-state index is 11.5. The molecule has 0 N–H and O–H groups in total. The summed E-state index contributed by atoms with van der Waals surface area (Å²) in [5.74, 6) is 1.02. The fourth-order valence-electron chi connectivity index (χ4n) is 2.90. The number of hydrogen-bond donors (Lipinski definition) is 0. The number of ether oxygens (including phenoxy) is 3. The van der Waals surface area contributed by atoms with Crippen molar-refractivity contribution in [2.45, 2.75) is 39.4 Å². The molecule has 3 atom stereocenters. The Balaban J connectivity index is 2.60. The van der Waals surface area contributed by atoms with E-state index in [-0.39, 0.29) is 18.2 Å². The first kappa shape index (κ1) is 14.5. The predicted octanol–water partition coefficient (Wildman–Crippen LogP) is 2.22. The van der Waals surface area contributed by atoms with E-state index in [1.807, 2.05) is 6.92 Å². The van der Waals surface area contributed by atoms with Gasteiger partial charge in [0.25, 0.3) is 0 Å². The van der Waals surface area contributed by atoms with E-state index in [0.29, 0.717) is 24.9 Å². The summed E-state index contributed by atoms with van der Waals surface area (Å²) >= 11 is 0. The van der Waals surface area contributed by atoms with Crippen LogP contribution in [0.25, 0.3) is 0 Å². The molecule has 0 aromatic carbocycles. The largest absolute Gasteiger partial charge is 0.466 e. The lowest BCUT2D eigenvalue weighted by Crippen LogP contribution is -2.32. The SMILES string of the molecule is CCOC(=O)C[C@H]1CC[C@H](C)[C@H]1C(OC)OC. The lowest BCUT2D eigenvalue weighted by molar-refractivity contribution is -0.159. The number of carbonyl (C=O) groups excluding carboxylic acids is 1. The molecule has 1 rings (SSSR count). The molecule has 0 bridgehead atoms. The van der Waals surface area contributed by atoms with Gasteiger partial charge in [0.05, 0.1) is 6.61 Å². The molecule has 0 aromatic heterocycles. The first-order chi connectivity index (χ1) is 8.13. The number of carbonyl (C=O) groups is 1. The van der Waals surface area contributed by atoms with Crippen LogP contribution < -0.4 is 0 Å². The fraction of sp³-hybridized carbons (Fsp3) is 0.923. The van der Waals surface area contributed by atoms with Crippen LogP contribution in [0.15, 0.2) is 0 Å². The van der Waals surface area contributed by atoms with Crippen LogP contribution in [0.2, 0.25) is 0 Å². The normalized spacial score (nSPS) is 28.6. The molecule has 100 valence electrons. The van der Waals surface area contributed by atoms with E-state index in [1.165, 1.54) is 0 Å². The van der Waals surface area contributed by atoms with Crippen molar-refractivity contribution in [2.75, 3.05) is 20.8 Å². The number of rotatable bonds is 6. The summed E-state index contributed by atoms with van der Waals surface area (Å²) < 4.78 is 15.7. The summed E-state index contributed by atoms with van der Waals surface area (Å²) in [6, 6.07) is 0. The third kappa shape index (κ3) is 3.68. The van der Waals surface area contributed by atoms with Crippen molar-refractivity contribution in [3.8, 4) is 0 Å². The molecule has 0 aliphatic heterocycles. The highest BCUT2D eigenvalue weighted by Crippen LogP contribution is 2.41. The van der Waals surface area contributed by atoms with Crippen molar-refractivity contribution >= 4 is 5.97 Å². The molecule has 1 saturated carbocycles. The fourth-order valence-corrected chi connectivity index (χ4v) is 2.90. The van der Waals surface area contributed by atoms with Crippen molar-refractivity contribution in [1.29, 1.82) is 0 Å².